The van der Waals surface area contributed by atoms with Gasteiger partial charge in [0, 0.05) is 17.8 Å². The molecule has 2 amide bonds. The van der Waals surface area contributed by atoms with Crippen molar-refractivity contribution in [3.05, 3.63) is 76.4 Å². The Morgan fingerprint density at radius 3 is 2.48 bits per heavy atom. The molecular formula is C22H23N3O3S. The summed E-state index contributed by atoms with van der Waals surface area (Å²) >= 11 is 1.39. The fraction of sp³-hybridized carbons (Fsp3) is 0.273. The van der Waals surface area contributed by atoms with Crippen LogP contribution in [0.5, 0.6) is 0 Å². The summed E-state index contributed by atoms with van der Waals surface area (Å²) < 4.78 is 5.60. The largest absolute Gasteiger partial charge is 0.468 e. The minimum absolute atomic E-state index is 0.0424. The van der Waals surface area contributed by atoms with E-state index in [4.69, 9.17) is 4.42 Å². The van der Waals surface area contributed by atoms with Crippen LogP contribution in [-0.2, 0) is 0 Å². The van der Waals surface area contributed by atoms with Crippen molar-refractivity contribution in [2.75, 3.05) is 25.0 Å². The van der Waals surface area contributed by atoms with Gasteiger partial charge in [0.15, 0.2) is 0 Å². The number of likely N-dealkylation sites (tertiary alicyclic amines) is 1. The van der Waals surface area contributed by atoms with Crippen molar-refractivity contribution in [3.63, 3.8) is 0 Å². The van der Waals surface area contributed by atoms with Gasteiger partial charge in [-0.25, -0.2) is 0 Å². The first-order valence-electron chi connectivity index (χ1n) is 9.71. The summed E-state index contributed by atoms with van der Waals surface area (Å²) in [5.74, 6) is 0.583. The Kier molecular flexibility index (Phi) is 6.07. The van der Waals surface area contributed by atoms with Crippen LogP contribution >= 0.6 is 11.3 Å². The molecule has 29 heavy (non-hydrogen) atoms. The summed E-state index contributed by atoms with van der Waals surface area (Å²) in [6.45, 7) is 2.52. The van der Waals surface area contributed by atoms with Gasteiger partial charge in [-0.1, -0.05) is 6.07 Å². The van der Waals surface area contributed by atoms with E-state index >= 15 is 0 Å². The lowest BCUT2D eigenvalue weighted by Crippen LogP contribution is -2.36. The van der Waals surface area contributed by atoms with Gasteiger partial charge in [-0.05, 0) is 73.8 Å². The van der Waals surface area contributed by atoms with Gasteiger partial charge < -0.3 is 15.1 Å². The van der Waals surface area contributed by atoms with E-state index in [1.165, 1.54) is 24.2 Å². The van der Waals surface area contributed by atoms with E-state index in [9.17, 15) is 9.59 Å². The Labute approximate surface area is 173 Å². The van der Waals surface area contributed by atoms with Crippen molar-refractivity contribution in [1.29, 1.82) is 0 Å². The minimum Gasteiger partial charge on any atom is -0.468 e. The summed E-state index contributed by atoms with van der Waals surface area (Å²) in [5.41, 5.74) is 1.21. The van der Waals surface area contributed by atoms with Crippen LogP contribution in [0, 0.1) is 0 Å². The number of benzene rings is 1. The van der Waals surface area contributed by atoms with Crippen LogP contribution in [-0.4, -0.2) is 36.3 Å². The molecule has 7 heteroatoms. The number of carbonyl (C=O) groups excluding carboxylic acids is 2. The van der Waals surface area contributed by atoms with Crippen molar-refractivity contribution >= 4 is 28.8 Å². The number of thiophene rings is 1. The number of hydrogen-bond donors (Lipinski definition) is 2. The second-order valence-corrected chi connectivity index (χ2v) is 7.94. The monoisotopic (exact) mass is 409 g/mol. The molecule has 3 heterocycles. The topological polar surface area (TPSA) is 74.6 Å². The number of carbonyl (C=O) groups is 2. The lowest BCUT2D eigenvalue weighted by atomic mass is 10.1. The van der Waals surface area contributed by atoms with Crippen LogP contribution in [0.15, 0.2) is 64.6 Å². The molecule has 150 valence electrons. The average molecular weight is 410 g/mol. The van der Waals surface area contributed by atoms with Crippen LogP contribution in [0.25, 0.3) is 0 Å². The third kappa shape index (κ3) is 4.75. The first-order valence-corrected chi connectivity index (χ1v) is 10.6. The molecule has 2 N–H and O–H groups in total. The molecule has 0 spiro atoms. The van der Waals surface area contributed by atoms with Gasteiger partial charge in [0.1, 0.15) is 5.76 Å². The van der Waals surface area contributed by atoms with Gasteiger partial charge in [0.05, 0.1) is 17.2 Å². The molecular weight excluding hydrogens is 386 g/mol. The standard InChI is InChI=1S/C22H23N3O3S/c26-21(23-15-18(19-5-3-13-28-19)25-11-1-2-12-25)16-7-9-17(10-8-16)24-22(27)20-6-4-14-29-20/h3-10,13-14,18H,1-2,11-12,15H2,(H,23,26)(H,24,27). The summed E-state index contributed by atoms with van der Waals surface area (Å²) in [5, 5.41) is 7.72. The number of hydrogen-bond acceptors (Lipinski definition) is 5. The van der Waals surface area contributed by atoms with Crippen LogP contribution < -0.4 is 10.6 Å². The number of rotatable bonds is 7. The van der Waals surface area contributed by atoms with Crippen molar-refractivity contribution in [1.82, 2.24) is 10.2 Å². The number of anilines is 1. The Balaban J connectivity index is 1.36. The highest BCUT2D eigenvalue weighted by Crippen LogP contribution is 2.25. The van der Waals surface area contributed by atoms with Gasteiger partial charge in [-0.15, -0.1) is 11.3 Å². The number of amides is 2. The molecule has 1 fully saturated rings. The maximum Gasteiger partial charge on any atom is 0.265 e. The fourth-order valence-corrected chi connectivity index (χ4v) is 4.16. The Bertz CT molecular complexity index is 930. The zero-order chi connectivity index (χ0) is 20.1. The molecule has 0 aliphatic carbocycles. The zero-order valence-electron chi connectivity index (χ0n) is 16.0. The second kappa shape index (κ2) is 9.07. The van der Waals surface area contributed by atoms with Gasteiger partial charge in [-0.2, -0.15) is 0 Å². The van der Waals surface area contributed by atoms with E-state index in [1.807, 2.05) is 23.6 Å². The Hall–Kier alpha value is -2.90. The Morgan fingerprint density at radius 1 is 1.03 bits per heavy atom. The fourth-order valence-electron chi connectivity index (χ4n) is 3.54. The molecule has 0 bridgehead atoms. The third-order valence-electron chi connectivity index (χ3n) is 5.06. The first-order chi connectivity index (χ1) is 14.2. The molecule has 3 aromatic rings. The van der Waals surface area contributed by atoms with E-state index in [1.54, 1.807) is 36.6 Å². The molecule has 1 aliphatic heterocycles. The molecule has 1 aromatic carbocycles. The van der Waals surface area contributed by atoms with Crippen molar-refractivity contribution in [2.45, 2.75) is 18.9 Å². The van der Waals surface area contributed by atoms with Crippen molar-refractivity contribution in [2.24, 2.45) is 0 Å². The van der Waals surface area contributed by atoms with Gasteiger partial charge in [0.2, 0.25) is 0 Å². The first kappa shape index (κ1) is 19.4. The molecule has 2 aromatic heterocycles. The van der Waals surface area contributed by atoms with Crippen LogP contribution in [0.1, 0.15) is 44.7 Å². The highest BCUT2D eigenvalue weighted by Gasteiger charge is 2.26. The summed E-state index contributed by atoms with van der Waals surface area (Å²) in [6, 6.07) is 14.4. The molecule has 1 aliphatic rings. The molecule has 1 unspecified atom stereocenters. The van der Waals surface area contributed by atoms with Gasteiger partial charge in [0.25, 0.3) is 11.8 Å². The average Bonchev–Trinajstić information content (AvgIpc) is 3.52. The van der Waals surface area contributed by atoms with E-state index in [0.717, 1.165) is 18.8 Å². The number of furan rings is 1. The summed E-state index contributed by atoms with van der Waals surface area (Å²) in [7, 11) is 0. The third-order valence-corrected chi connectivity index (χ3v) is 5.93. The van der Waals surface area contributed by atoms with E-state index in [0.29, 0.717) is 22.7 Å². The Morgan fingerprint density at radius 2 is 1.83 bits per heavy atom. The predicted octanol–water partition coefficient (Wildman–Crippen LogP) is 4.16. The highest BCUT2D eigenvalue weighted by atomic mass is 32.1. The zero-order valence-corrected chi connectivity index (χ0v) is 16.8. The number of nitrogens with zero attached hydrogens (tertiary/aromatic N) is 1. The molecule has 1 saturated heterocycles. The molecule has 4 rings (SSSR count). The van der Waals surface area contributed by atoms with Gasteiger partial charge >= 0.3 is 0 Å². The smallest absolute Gasteiger partial charge is 0.265 e. The van der Waals surface area contributed by atoms with E-state index < -0.39 is 0 Å². The second-order valence-electron chi connectivity index (χ2n) is 6.99. The van der Waals surface area contributed by atoms with Crippen molar-refractivity contribution in [3.8, 4) is 0 Å². The maximum absolute atomic E-state index is 12.6. The van der Waals surface area contributed by atoms with E-state index in [-0.39, 0.29) is 17.9 Å². The normalized spacial score (nSPS) is 15.2. The van der Waals surface area contributed by atoms with Crippen LogP contribution in [0.3, 0.4) is 0 Å². The molecule has 6 nitrogen and oxygen atoms in total. The lowest BCUT2D eigenvalue weighted by Gasteiger charge is -2.26. The molecule has 1 atom stereocenters. The summed E-state index contributed by atoms with van der Waals surface area (Å²) in [4.78, 5) is 27.7. The SMILES string of the molecule is O=C(NCC(c1ccco1)N1CCCC1)c1ccc(NC(=O)c2cccs2)cc1. The van der Waals surface area contributed by atoms with Crippen LogP contribution in [0.4, 0.5) is 5.69 Å². The maximum atomic E-state index is 12.6. The molecule has 0 radical (unpaired) electrons. The predicted molar refractivity (Wildman–Crippen MR) is 113 cm³/mol. The van der Waals surface area contributed by atoms with Crippen LogP contribution in [0.2, 0.25) is 0 Å². The van der Waals surface area contributed by atoms with Crippen molar-refractivity contribution < 1.29 is 14.0 Å². The summed E-state index contributed by atoms with van der Waals surface area (Å²) in [6.07, 6.45) is 4.01. The number of nitrogens with one attached hydrogen (secondary N) is 2. The quantitative estimate of drug-likeness (QED) is 0.614. The minimum atomic E-state index is -0.149. The lowest BCUT2D eigenvalue weighted by molar-refractivity contribution is 0.0933. The van der Waals surface area contributed by atoms with E-state index in [2.05, 4.69) is 15.5 Å². The highest BCUT2D eigenvalue weighted by molar-refractivity contribution is 7.12. The molecule has 0 saturated carbocycles. The van der Waals surface area contributed by atoms with Gasteiger partial charge in [-0.3, -0.25) is 14.5 Å².